The van der Waals surface area contributed by atoms with Crippen molar-refractivity contribution in [2.45, 2.75) is 45.1 Å². The Morgan fingerprint density at radius 3 is 2.50 bits per heavy atom. The van der Waals surface area contributed by atoms with Crippen LogP contribution < -0.4 is 27.2 Å². The molecule has 0 bridgehead atoms. The van der Waals surface area contributed by atoms with Crippen molar-refractivity contribution in [3.05, 3.63) is 45.7 Å². The standard InChI is InChI=1S/C24H32N6O6/c1-3-35-18(31)10-9-17(23(34)36-4-2)27-21(32)14-5-7-16(8-6-14)30-12-11-15(13-30)19-20(25)28-24(26)29-22(19)33/h5-8,15,17H,3-4,9-13H2,1-2H3,(H,27,32)(H5,25,26,28,29,33)/t15?,17-/m0/s1. The lowest BCUT2D eigenvalue weighted by atomic mass is 10.0. The highest BCUT2D eigenvalue weighted by Crippen LogP contribution is 2.31. The minimum atomic E-state index is -0.974. The summed E-state index contributed by atoms with van der Waals surface area (Å²) in [6.07, 6.45) is 0.755. The third-order valence-corrected chi connectivity index (χ3v) is 5.91. The Kier molecular flexibility index (Phi) is 8.87. The van der Waals surface area contributed by atoms with E-state index in [9.17, 15) is 19.2 Å². The van der Waals surface area contributed by atoms with Crippen molar-refractivity contribution in [3.8, 4) is 0 Å². The zero-order valence-corrected chi connectivity index (χ0v) is 20.4. The van der Waals surface area contributed by atoms with Gasteiger partial charge in [-0.1, -0.05) is 0 Å². The molecule has 0 saturated carbocycles. The number of ether oxygens (including phenoxy) is 2. The molecule has 1 fully saturated rings. The maximum Gasteiger partial charge on any atom is 0.328 e. The molecule has 12 heteroatoms. The highest BCUT2D eigenvalue weighted by atomic mass is 16.5. The quantitative estimate of drug-likeness (QED) is 0.342. The van der Waals surface area contributed by atoms with Gasteiger partial charge in [-0.3, -0.25) is 19.4 Å². The number of aromatic amines is 1. The van der Waals surface area contributed by atoms with E-state index >= 15 is 0 Å². The van der Waals surface area contributed by atoms with Gasteiger partial charge in [0.15, 0.2) is 0 Å². The number of nitrogens with zero attached hydrogens (tertiary/aromatic N) is 2. The molecular weight excluding hydrogens is 468 g/mol. The van der Waals surface area contributed by atoms with Gasteiger partial charge in [0.1, 0.15) is 11.9 Å². The first-order valence-electron chi connectivity index (χ1n) is 11.9. The van der Waals surface area contributed by atoms with E-state index in [0.717, 1.165) is 5.69 Å². The molecule has 1 aromatic carbocycles. The molecule has 2 atom stereocenters. The number of carbonyl (C=O) groups is 3. The fourth-order valence-corrected chi connectivity index (χ4v) is 4.20. The average molecular weight is 501 g/mol. The summed E-state index contributed by atoms with van der Waals surface area (Å²) < 4.78 is 9.93. The van der Waals surface area contributed by atoms with Crippen LogP contribution >= 0.6 is 0 Å². The van der Waals surface area contributed by atoms with Gasteiger partial charge in [0.25, 0.3) is 11.5 Å². The molecule has 6 N–H and O–H groups in total. The molecular formula is C24H32N6O6. The van der Waals surface area contributed by atoms with E-state index in [1.165, 1.54) is 0 Å². The van der Waals surface area contributed by atoms with E-state index in [1.807, 2.05) is 0 Å². The summed E-state index contributed by atoms with van der Waals surface area (Å²) in [6.45, 7) is 5.00. The molecule has 2 aromatic rings. The van der Waals surface area contributed by atoms with E-state index in [2.05, 4.69) is 20.2 Å². The van der Waals surface area contributed by atoms with Crippen molar-refractivity contribution in [2.24, 2.45) is 0 Å². The number of hydrogen-bond acceptors (Lipinski definition) is 10. The molecule has 1 aliphatic heterocycles. The lowest BCUT2D eigenvalue weighted by Crippen LogP contribution is -2.42. The van der Waals surface area contributed by atoms with E-state index in [-0.39, 0.29) is 49.3 Å². The normalized spacial score (nSPS) is 15.8. The van der Waals surface area contributed by atoms with Gasteiger partial charge < -0.3 is 31.2 Å². The monoisotopic (exact) mass is 500 g/mol. The third-order valence-electron chi connectivity index (χ3n) is 5.91. The fourth-order valence-electron chi connectivity index (χ4n) is 4.20. The fraction of sp³-hybridized carbons (Fsp3) is 0.458. The van der Waals surface area contributed by atoms with Crippen LogP contribution in [-0.4, -0.2) is 60.2 Å². The van der Waals surface area contributed by atoms with Crippen molar-refractivity contribution in [3.63, 3.8) is 0 Å². The Morgan fingerprint density at radius 1 is 1.17 bits per heavy atom. The summed E-state index contributed by atoms with van der Waals surface area (Å²) in [5, 5.41) is 2.65. The Balaban J connectivity index is 1.64. The highest BCUT2D eigenvalue weighted by molar-refractivity contribution is 5.97. The molecule has 2 heterocycles. The van der Waals surface area contributed by atoms with Crippen molar-refractivity contribution < 1.29 is 23.9 Å². The van der Waals surface area contributed by atoms with Crippen molar-refractivity contribution >= 4 is 35.3 Å². The predicted octanol–water partition coefficient (Wildman–Crippen LogP) is 0.933. The number of H-pyrrole nitrogens is 1. The van der Waals surface area contributed by atoms with E-state index in [1.54, 1.807) is 38.1 Å². The van der Waals surface area contributed by atoms with Crippen LogP contribution in [0.5, 0.6) is 0 Å². The van der Waals surface area contributed by atoms with Crippen LogP contribution in [0, 0.1) is 0 Å². The minimum Gasteiger partial charge on any atom is -0.466 e. The lowest BCUT2D eigenvalue weighted by Gasteiger charge is -2.20. The van der Waals surface area contributed by atoms with Crippen LogP contribution in [0.4, 0.5) is 17.5 Å². The van der Waals surface area contributed by atoms with Crippen LogP contribution in [0.1, 0.15) is 54.9 Å². The van der Waals surface area contributed by atoms with Crippen LogP contribution in [0.3, 0.4) is 0 Å². The second kappa shape index (κ2) is 12.0. The van der Waals surface area contributed by atoms with Gasteiger partial charge >= 0.3 is 11.9 Å². The molecule has 1 unspecified atom stereocenters. The summed E-state index contributed by atoms with van der Waals surface area (Å²) in [7, 11) is 0. The number of hydrogen-bond donors (Lipinski definition) is 4. The predicted molar refractivity (Wildman–Crippen MR) is 133 cm³/mol. The first kappa shape index (κ1) is 26.5. The van der Waals surface area contributed by atoms with Crippen LogP contribution in [0.15, 0.2) is 29.1 Å². The van der Waals surface area contributed by atoms with Gasteiger partial charge in [0.2, 0.25) is 5.95 Å². The Labute approximate surface area is 208 Å². The van der Waals surface area contributed by atoms with E-state index in [0.29, 0.717) is 30.6 Å². The second-order valence-electron chi connectivity index (χ2n) is 8.35. The topological polar surface area (TPSA) is 183 Å². The number of amides is 1. The highest BCUT2D eigenvalue weighted by Gasteiger charge is 2.29. The maximum absolute atomic E-state index is 12.8. The average Bonchev–Trinajstić information content (AvgIpc) is 3.31. The lowest BCUT2D eigenvalue weighted by molar-refractivity contribution is -0.146. The number of anilines is 3. The molecule has 1 aliphatic rings. The van der Waals surface area contributed by atoms with Crippen molar-refractivity contribution in [2.75, 3.05) is 42.7 Å². The summed E-state index contributed by atoms with van der Waals surface area (Å²) >= 11 is 0. The summed E-state index contributed by atoms with van der Waals surface area (Å²) in [5.74, 6) is -1.51. The zero-order valence-electron chi connectivity index (χ0n) is 20.4. The van der Waals surface area contributed by atoms with Gasteiger partial charge in [-0.15, -0.1) is 0 Å². The molecule has 1 saturated heterocycles. The van der Waals surface area contributed by atoms with Crippen molar-refractivity contribution in [1.82, 2.24) is 15.3 Å². The smallest absolute Gasteiger partial charge is 0.328 e. The van der Waals surface area contributed by atoms with Gasteiger partial charge in [0.05, 0.1) is 18.8 Å². The number of benzene rings is 1. The number of rotatable bonds is 10. The van der Waals surface area contributed by atoms with Crippen LogP contribution in [0.25, 0.3) is 0 Å². The number of nitrogens with one attached hydrogen (secondary N) is 2. The van der Waals surface area contributed by atoms with E-state index < -0.39 is 23.9 Å². The molecule has 0 radical (unpaired) electrons. The number of aromatic nitrogens is 2. The number of carbonyl (C=O) groups excluding carboxylic acids is 3. The second-order valence-corrected chi connectivity index (χ2v) is 8.35. The summed E-state index contributed by atoms with van der Waals surface area (Å²) in [5.41, 5.74) is 12.8. The molecule has 0 aliphatic carbocycles. The number of nitrogen functional groups attached to an aromatic ring is 2. The minimum absolute atomic E-state index is 0.0175. The molecule has 1 amide bonds. The van der Waals surface area contributed by atoms with E-state index in [4.69, 9.17) is 20.9 Å². The summed E-state index contributed by atoms with van der Waals surface area (Å²) in [6, 6.07) is 5.92. The van der Waals surface area contributed by atoms with Crippen molar-refractivity contribution in [1.29, 1.82) is 0 Å². The third kappa shape index (κ3) is 6.52. The van der Waals surface area contributed by atoms with Gasteiger partial charge in [0, 0.05) is 36.7 Å². The largest absolute Gasteiger partial charge is 0.466 e. The molecule has 3 rings (SSSR count). The van der Waals surface area contributed by atoms with Crippen LogP contribution in [0.2, 0.25) is 0 Å². The molecule has 36 heavy (non-hydrogen) atoms. The van der Waals surface area contributed by atoms with Crippen LogP contribution in [-0.2, 0) is 19.1 Å². The van der Waals surface area contributed by atoms with Gasteiger partial charge in [-0.2, -0.15) is 4.98 Å². The zero-order chi connectivity index (χ0) is 26.2. The first-order valence-corrected chi connectivity index (χ1v) is 11.9. The summed E-state index contributed by atoms with van der Waals surface area (Å²) in [4.78, 5) is 57.6. The van der Waals surface area contributed by atoms with Gasteiger partial charge in [-0.05, 0) is 51.0 Å². The molecule has 12 nitrogen and oxygen atoms in total. The Bertz CT molecular complexity index is 1150. The first-order chi connectivity index (χ1) is 17.2. The molecule has 194 valence electrons. The molecule has 0 spiro atoms. The SMILES string of the molecule is CCOC(=O)CC[C@H](NC(=O)c1ccc(N2CCC(c3c(N)nc(N)[nH]c3=O)C2)cc1)C(=O)OCC. The molecule has 1 aromatic heterocycles. The Hall–Kier alpha value is -4.09. The number of esters is 2. The van der Waals surface area contributed by atoms with Gasteiger partial charge in [-0.25, -0.2) is 4.79 Å². The number of nitrogens with two attached hydrogens (primary N) is 2. The Morgan fingerprint density at radius 2 is 1.86 bits per heavy atom. The maximum atomic E-state index is 12.8.